The number of hydrogen-bond acceptors (Lipinski definition) is 6. The molecule has 0 saturated carbocycles. The number of hydrogen-bond donors (Lipinski definition) is 1. The fourth-order valence-corrected chi connectivity index (χ4v) is 5.02. The Morgan fingerprint density at radius 3 is 2.38 bits per heavy atom. The summed E-state index contributed by atoms with van der Waals surface area (Å²) in [7, 11) is 1.53. The molecule has 1 N–H and O–H groups in total. The van der Waals surface area contributed by atoms with Crippen LogP contribution in [0.15, 0.2) is 76.9 Å². The van der Waals surface area contributed by atoms with Crippen molar-refractivity contribution in [2.75, 3.05) is 12.0 Å². The number of aromatic hydroxyl groups is 1. The smallest absolute Gasteiger partial charge is 0.175 e. The standard InChI is InChI=1S/C25H23N3O3S/c1-15-4-9-18(10-5-15)26-25-28(19-11-6-16(2)7-12-19)24-23(32-25)22(31-27-24)17-8-13-20(29)21(14-17)30-3/h4-14,22-23,29H,1-3H3. The monoisotopic (exact) mass is 445 g/mol. The van der Waals surface area contributed by atoms with Crippen molar-refractivity contribution in [1.82, 2.24) is 0 Å². The molecule has 1 saturated heterocycles. The van der Waals surface area contributed by atoms with Gasteiger partial charge in [0.05, 0.1) is 12.8 Å². The first kappa shape index (κ1) is 20.5. The molecule has 6 nitrogen and oxygen atoms in total. The van der Waals surface area contributed by atoms with Crippen LogP contribution in [0.2, 0.25) is 0 Å². The number of aliphatic imine (C=N–C) groups is 1. The molecule has 3 aromatic carbocycles. The topological polar surface area (TPSA) is 66.7 Å². The van der Waals surface area contributed by atoms with E-state index in [9.17, 15) is 5.11 Å². The third-order valence-electron chi connectivity index (χ3n) is 5.53. The van der Waals surface area contributed by atoms with Crippen molar-refractivity contribution in [3.63, 3.8) is 0 Å². The van der Waals surface area contributed by atoms with Crippen LogP contribution in [0.5, 0.6) is 11.5 Å². The normalized spacial score (nSPS) is 20.8. The zero-order valence-corrected chi connectivity index (χ0v) is 18.8. The third kappa shape index (κ3) is 3.69. The van der Waals surface area contributed by atoms with Gasteiger partial charge in [0.2, 0.25) is 0 Å². The van der Waals surface area contributed by atoms with Gasteiger partial charge in [-0.2, -0.15) is 0 Å². The molecule has 2 heterocycles. The van der Waals surface area contributed by atoms with Crippen molar-refractivity contribution >= 4 is 34.1 Å². The molecule has 7 heteroatoms. The lowest BCUT2D eigenvalue weighted by Crippen LogP contribution is -2.31. The first-order chi connectivity index (χ1) is 15.5. The lowest BCUT2D eigenvalue weighted by molar-refractivity contribution is 0.0882. The number of phenolic OH excluding ortho intramolecular Hbond substituents is 1. The molecular formula is C25H23N3O3S. The fourth-order valence-electron chi connectivity index (χ4n) is 3.75. The van der Waals surface area contributed by atoms with Gasteiger partial charge in [0.15, 0.2) is 28.6 Å². The van der Waals surface area contributed by atoms with E-state index in [-0.39, 0.29) is 17.1 Å². The lowest BCUT2D eigenvalue weighted by atomic mass is 10.0. The number of nitrogens with zero attached hydrogens (tertiary/aromatic N) is 3. The van der Waals surface area contributed by atoms with Crippen LogP contribution in [0, 0.1) is 13.8 Å². The fraction of sp³-hybridized carbons (Fsp3) is 0.200. The van der Waals surface area contributed by atoms with E-state index in [1.807, 2.05) is 18.2 Å². The van der Waals surface area contributed by atoms with Gasteiger partial charge in [-0.05, 0) is 50.2 Å². The summed E-state index contributed by atoms with van der Waals surface area (Å²) >= 11 is 1.62. The van der Waals surface area contributed by atoms with E-state index in [4.69, 9.17) is 14.6 Å². The summed E-state index contributed by atoms with van der Waals surface area (Å²) in [6.07, 6.45) is -0.317. The van der Waals surface area contributed by atoms with Crippen LogP contribution in [0.1, 0.15) is 22.8 Å². The molecule has 2 atom stereocenters. The van der Waals surface area contributed by atoms with Crippen LogP contribution in [0.25, 0.3) is 0 Å². The molecule has 2 unspecified atom stereocenters. The highest BCUT2D eigenvalue weighted by molar-refractivity contribution is 8.16. The number of oxime groups is 1. The molecule has 2 aliphatic heterocycles. The molecule has 0 radical (unpaired) electrons. The van der Waals surface area contributed by atoms with Gasteiger partial charge in [-0.1, -0.05) is 58.4 Å². The van der Waals surface area contributed by atoms with E-state index in [2.05, 4.69) is 60.3 Å². The number of anilines is 1. The van der Waals surface area contributed by atoms with Crippen LogP contribution in [-0.4, -0.2) is 28.5 Å². The van der Waals surface area contributed by atoms with Crippen molar-refractivity contribution in [3.8, 4) is 11.5 Å². The maximum absolute atomic E-state index is 9.98. The van der Waals surface area contributed by atoms with Gasteiger partial charge in [0.25, 0.3) is 0 Å². The summed E-state index contributed by atoms with van der Waals surface area (Å²) in [6, 6.07) is 21.7. The van der Waals surface area contributed by atoms with Gasteiger partial charge in [-0.25, -0.2) is 4.99 Å². The Morgan fingerprint density at radius 1 is 1.00 bits per heavy atom. The second kappa shape index (κ2) is 8.24. The Bertz CT molecular complexity index is 1210. The molecule has 3 aromatic rings. The van der Waals surface area contributed by atoms with Gasteiger partial charge in [-0.3, -0.25) is 4.90 Å². The van der Waals surface area contributed by atoms with E-state index in [0.29, 0.717) is 5.75 Å². The number of rotatable bonds is 4. The number of ether oxygens (including phenoxy) is 1. The minimum Gasteiger partial charge on any atom is -0.504 e. The van der Waals surface area contributed by atoms with Gasteiger partial charge < -0.3 is 14.7 Å². The summed E-state index contributed by atoms with van der Waals surface area (Å²) in [5, 5.41) is 15.2. The molecule has 0 aliphatic carbocycles. The maximum atomic E-state index is 9.98. The van der Waals surface area contributed by atoms with Crippen molar-refractivity contribution in [3.05, 3.63) is 83.4 Å². The highest BCUT2D eigenvalue weighted by atomic mass is 32.2. The molecule has 1 fully saturated rings. The minimum absolute atomic E-state index is 0.0743. The molecule has 5 rings (SSSR count). The Labute approximate surface area is 191 Å². The van der Waals surface area contributed by atoms with E-state index >= 15 is 0 Å². The van der Waals surface area contributed by atoms with E-state index < -0.39 is 0 Å². The minimum atomic E-state index is -0.317. The van der Waals surface area contributed by atoms with Crippen molar-refractivity contribution in [2.24, 2.45) is 10.1 Å². The molecule has 2 aliphatic rings. The van der Waals surface area contributed by atoms with Gasteiger partial charge >= 0.3 is 0 Å². The van der Waals surface area contributed by atoms with Crippen molar-refractivity contribution < 1.29 is 14.7 Å². The Hall–Kier alpha value is -3.45. The molecule has 162 valence electrons. The first-order valence-electron chi connectivity index (χ1n) is 10.3. The molecule has 32 heavy (non-hydrogen) atoms. The summed E-state index contributed by atoms with van der Waals surface area (Å²) < 4.78 is 5.28. The highest BCUT2D eigenvalue weighted by Gasteiger charge is 2.48. The van der Waals surface area contributed by atoms with Crippen molar-refractivity contribution in [2.45, 2.75) is 25.2 Å². The Morgan fingerprint density at radius 2 is 1.69 bits per heavy atom. The molecule has 0 amide bonds. The number of amidine groups is 2. The van der Waals surface area contributed by atoms with Crippen molar-refractivity contribution in [1.29, 1.82) is 0 Å². The lowest BCUT2D eigenvalue weighted by Gasteiger charge is -2.18. The second-order valence-corrected chi connectivity index (χ2v) is 8.95. The quantitative estimate of drug-likeness (QED) is 0.557. The average molecular weight is 446 g/mol. The largest absolute Gasteiger partial charge is 0.504 e. The van der Waals surface area contributed by atoms with E-state index in [1.165, 1.54) is 18.2 Å². The van der Waals surface area contributed by atoms with Crippen LogP contribution in [0.3, 0.4) is 0 Å². The number of fused-ring (bicyclic) bond motifs is 1. The van der Waals surface area contributed by atoms with E-state index in [1.54, 1.807) is 23.9 Å². The predicted octanol–water partition coefficient (Wildman–Crippen LogP) is 5.71. The summed E-state index contributed by atoms with van der Waals surface area (Å²) in [5.41, 5.74) is 5.14. The van der Waals surface area contributed by atoms with Gasteiger partial charge in [0.1, 0.15) is 5.25 Å². The predicted molar refractivity (Wildman–Crippen MR) is 129 cm³/mol. The Kier molecular flexibility index (Phi) is 5.27. The maximum Gasteiger partial charge on any atom is 0.175 e. The molecule has 0 spiro atoms. The highest BCUT2D eigenvalue weighted by Crippen LogP contribution is 2.46. The van der Waals surface area contributed by atoms with E-state index in [0.717, 1.165) is 27.9 Å². The number of methoxy groups -OCH3 is 1. The SMILES string of the molecule is COc1cc(C2ON=C3C2SC(=Nc2ccc(C)cc2)N3c2ccc(C)cc2)ccc1O. The third-order valence-corrected chi connectivity index (χ3v) is 6.72. The van der Waals surface area contributed by atoms with Crippen LogP contribution in [-0.2, 0) is 4.84 Å². The summed E-state index contributed by atoms with van der Waals surface area (Å²) in [4.78, 5) is 12.9. The number of thioether (sulfide) groups is 1. The average Bonchev–Trinajstić information content (AvgIpc) is 3.35. The number of phenols is 1. The van der Waals surface area contributed by atoms with Crippen LogP contribution >= 0.6 is 11.8 Å². The molecule has 0 aromatic heterocycles. The van der Waals surface area contributed by atoms with Crippen LogP contribution in [0.4, 0.5) is 11.4 Å². The van der Waals surface area contributed by atoms with Gasteiger partial charge in [0, 0.05) is 11.3 Å². The number of aryl methyl sites for hydroxylation is 2. The summed E-state index contributed by atoms with van der Waals surface area (Å²) in [6.45, 7) is 4.13. The summed E-state index contributed by atoms with van der Waals surface area (Å²) in [5.74, 6) is 1.31. The molecule has 0 bridgehead atoms. The first-order valence-corrected chi connectivity index (χ1v) is 11.2. The molecular weight excluding hydrogens is 422 g/mol. The van der Waals surface area contributed by atoms with Gasteiger partial charge in [-0.15, -0.1) is 0 Å². The number of benzene rings is 3. The Balaban J connectivity index is 1.54. The second-order valence-electron chi connectivity index (χ2n) is 7.85. The zero-order chi connectivity index (χ0) is 22.2. The zero-order valence-electron chi connectivity index (χ0n) is 18.0. The van der Waals surface area contributed by atoms with Crippen LogP contribution < -0.4 is 9.64 Å².